The number of nitrogens with zero attached hydrogens (tertiary/aromatic N) is 1. The maximum atomic E-state index is 3.46. The fourth-order valence-corrected chi connectivity index (χ4v) is 2.41. The van der Waals surface area contributed by atoms with Crippen molar-refractivity contribution in [3.8, 4) is 0 Å². The van der Waals surface area contributed by atoms with E-state index in [1.165, 1.54) is 19.5 Å². The van der Waals surface area contributed by atoms with Crippen molar-refractivity contribution >= 4 is 22.9 Å². The highest BCUT2D eigenvalue weighted by Crippen LogP contribution is 2.22. The summed E-state index contributed by atoms with van der Waals surface area (Å²) in [4.78, 5) is 0. The molecule has 0 aromatic rings. The fourth-order valence-electron chi connectivity index (χ4n) is 1.46. The van der Waals surface area contributed by atoms with Crippen LogP contribution >= 0.6 is 22.9 Å². The van der Waals surface area contributed by atoms with Gasteiger partial charge in [0.1, 0.15) is 0 Å². The Bertz CT molecular complexity index is 90.6. The standard InChI is InChI=1S/C5H9IN2/c6-8-2-4-1-5(3-8)7-4/h4-5,7H,1-3H2. The summed E-state index contributed by atoms with van der Waals surface area (Å²) >= 11 is 2.40. The Morgan fingerprint density at radius 3 is 2.12 bits per heavy atom. The number of piperidine rings is 1. The van der Waals surface area contributed by atoms with Gasteiger partial charge in [-0.25, -0.2) is 3.11 Å². The lowest BCUT2D eigenvalue weighted by atomic mass is 9.93. The SMILES string of the molecule is IN1CC2CC(C1)N2. The topological polar surface area (TPSA) is 15.3 Å². The van der Waals surface area contributed by atoms with Gasteiger partial charge >= 0.3 is 0 Å². The van der Waals surface area contributed by atoms with Gasteiger partial charge in [0.05, 0.1) is 0 Å². The molecule has 0 radical (unpaired) electrons. The molecule has 8 heavy (non-hydrogen) atoms. The van der Waals surface area contributed by atoms with Crippen LogP contribution in [0.3, 0.4) is 0 Å². The van der Waals surface area contributed by atoms with Gasteiger partial charge in [-0.05, 0) is 6.42 Å². The Morgan fingerprint density at radius 1 is 1.38 bits per heavy atom. The Kier molecular flexibility index (Phi) is 1.23. The summed E-state index contributed by atoms with van der Waals surface area (Å²) in [6, 6.07) is 1.65. The minimum absolute atomic E-state index is 0.825. The smallest absolute Gasteiger partial charge is 0.0236 e. The highest BCUT2D eigenvalue weighted by atomic mass is 127. The van der Waals surface area contributed by atoms with Crippen LogP contribution < -0.4 is 5.32 Å². The minimum atomic E-state index is 0.825. The van der Waals surface area contributed by atoms with Crippen LogP contribution in [-0.4, -0.2) is 28.3 Å². The third kappa shape index (κ3) is 0.766. The Morgan fingerprint density at radius 2 is 1.88 bits per heavy atom. The molecule has 3 rings (SSSR count). The molecule has 0 aromatic carbocycles. The van der Waals surface area contributed by atoms with Crippen molar-refractivity contribution in [3.63, 3.8) is 0 Å². The van der Waals surface area contributed by atoms with Crippen LogP contribution in [0, 0.1) is 0 Å². The minimum Gasteiger partial charge on any atom is -0.308 e. The molecule has 0 aliphatic carbocycles. The van der Waals surface area contributed by atoms with Crippen LogP contribution in [0.15, 0.2) is 0 Å². The number of halogens is 1. The quantitative estimate of drug-likeness (QED) is 0.472. The molecular formula is C5H9IN2. The zero-order valence-electron chi connectivity index (χ0n) is 4.60. The molecule has 1 N–H and O–H groups in total. The van der Waals surface area contributed by atoms with Crippen molar-refractivity contribution in [1.82, 2.24) is 8.43 Å². The second kappa shape index (κ2) is 1.82. The van der Waals surface area contributed by atoms with Gasteiger partial charge in [-0.1, -0.05) is 0 Å². The number of hydrogen-bond acceptors (Lipinski definition) is 2. The Hall–Kier alpha value is 0.650. The van der Waals surface area contributed by atoms with Crippen LogP contribution in [0.4, 0.5) is 0 Å². The second-order valence-corrected chi connectivity index (χ2v) is 3.99. The predicted molar refractivity (Wildman–Crippen MR) is 40.9 cm³/mol. The van der Waals surface area contributed by atoms with Crippen LogP contribution in [0.25, 0.3) is 0 Å². The summed E-state index contributed by atoms with van der Waals surface area (Å²) in [5.41, 5.74) is 0. The van der Waals surface area contributed by atoms with Crippen molar-refractivity contribution < 1.29 is 0 Å². The summed E-state index contributed by atoms with van der Waals surface area (Å²) in [6.07, 6.45) is 1.42. The van der Waals surface area contributed by atoms with E-state index in [4.69, 9.17) is 0 Å². The normalized spacial score (nSPS) is 46.1. The van der Waals surface area contributed by atoms with E-state index in [9.17, 15) is 0 Å². The molecule has 2 bridgehead atoms. The maximum Gasteiger partial charge on any atom is 0.0236 e. The molecule has 0 amide bonds. The van der Waals surface area contributed by atoms with Crippen LogP contribution in [0.2, 0.25) is 0 Å². The molecule has 3 heterocycles. The molecule has 46 valence electrons. The van der Waals surface area contributed by atoms with Gasteiger partial charge in [0.15, 0.2) is 0 Å². The molecule has 0 aromatic heterocycles. The van der Waals surface area contributed by atoms with E-state index in [-0.39, 0.29) is 0 Å². The van der Waals surface area contributed by atoms with Crippen molar-refractivity contribution in [2.75, 3.05) is 13.1 Å². The first-order valence-electron chi connectivity index (χ1n) is 3.01. The summed E-state index contributed by atoms with van der Waals surface area (Å²) in [5, 5.41) is 3.46. The van der Waals surface area contributed by atoms with Gasteiger partial charge in [0.2, 0.25) is 0 Å². The summed E-state index contributed by atoms with van der Waals surface area (Å²) in [6.45, 7) is 2.49. The Labute approximate surface area is 63.1 Å². The first-order chi connectivity index (χ1) is 3.84. The molecule has 3 aliphatic rings. The van der Waals surface area contributed by atoms with E-state index in [1.807, 2.05) is 0 Å². The summed E-state index contributed by atoms with van der Waals surface area (Å²) in [5.74, 6) is 0. The van der Waals surface area contributed by atoms with E-state index in [0.29, 0.717) is 0 Å². The third-order valence-corrected chi connectivity index (χ3v) is 2.67. The highest BCUT2D eigenvalue weighted by molar-refractivity contribution is 14.1. The molecule has 0 saturated carbocycles. The monoisotopic (exact) mass is 224 g/mol. The van der Waals surface area contributed by atoms with E-state index >= 15 is 0 Å². The predicted octanol–water partition coefficient (Wildman–Crippen LogP) is 0.383. The fraction of sp³-hybridized carbons (Fsp3) is 1.00. The molecular weight excluding hydrogens is 215 g/mol. The number of piperazine rings is 1. The maximum absolute atomic E-state index is 3.46. The van der Waals surface area contributed by atoms with Crippen molar-refractivity contribution in [2.24, 2.45) is 0 Å². The van der Waals surface area contributed by atoms with Gasteiger partial charge in [0.25, 0.3) is 0 Å². The van der Waals surface area contributed by atoms with Gasteiger partial charge in [-0.3, -0.25) is 0 Å². The van der Waals surface area contributed by atoms with Crippen LogP contribution in [-0.2, 0) is 0 Å². The van der Waals surface area contributed by atoms with E-state index in [1.54, 1.807) is 0 Å². The summed E-state index contributed by atoms with van der Waals surface area (Å²) < 4.78 is 2.37. The average molecular weight is 224 g/mol. The third-order valence-electron chi connectivity index (χ3n) is 1.88. The van der Waals surface area contributed by atoms with E-state index in [0.717, 1.165) is 12.1 Å². The highest BCUT2D eigenvalue weighted by Gasteiger charge is 2.35. The largest absolute Gasteiger partial charge is 0.308 e. The number of hydrogen-bond donors (Lipinski definition) is 1. The molecule has 2 atom stereocenters. The zero-order valence-corrected chi connectivity index (χ0v) is 6.76. The van der Waals surface area contributed by atoms with Gasteiger partial charge < -0.3 is 5.32 Å². The number of fused-ring (bicyclic) bond motifs is 2. The molecule has 3 fully saturated rings. The van der Waals surface area contributed by atoms with Crippen molar-refractivity contribution in [1.29, 1.82) is 0 Å². The average Bonchev–Trinajstić information content (AvgIpc) is 1.62. The lowest BCUT2D eigenvalue weighted by Crippen LogP contribution is -2.64. The zero-order chi connectivity index (χ0) is 5.56. The van der Waals surface area contributed by atoms with Gasteiger partial charge in [-0.15, -0.1) is 0 Å². The van der Waals surface area contributed by atoms with Crippen molar-refractivity contribution in [2.45, 2.75) is 18.5 Å². The summed E-state index contributed by atoms with van der Waals surface area (Å²) in [7, 11) is 0. The molecule has 2 unspecified atom stereocenters. The van der Waals surface area contributed by atoms with E-state index in [2.05, 4.69) is 31.3 Å². The number of nitrogens with one attached hydrogen (secondary N) is 1. The van der Waals surface area contributed by atoms with Crippen LogP contribution in [0.1, 0.15) is 6.42 Å². The van der Waals surface area contributed by atoms with E-state index < -0.39 is 0 Å². The molecule has 0 spiro atoms. The van der Waals surface area contributed by atoms with Crippen LogP contribution in [0.5, 0.6) is 0 Å². The first-order valence-corrected chi connectivity index (χ1v) is 3.98. The molecule has 2 nitrogen and oxygen atoms in total. The molecule has 3 aliphatic heterocycles. The second-order valence-electron chi connectivity index (χ2n) is 2.62. The molecule has 3 saturated heterocycles. The van der Waals surface area contributed by atoms with Gasteiger partial charge in [-0.2, -0.15) is 0 Å². The lowest BCUT2D eigenvalue weighted by molar-refractivity contribution is 0.155. The molecule has 3 heteroatoms. The lowest BCUT2D eigenvalue weighted by Gasteiger charge is -2.46. The van der Waals surface area contributed by atoms with Crippen molar-refractivity contribution in [3.05, 3.63) is 0 Å². The first kappa shape index (κ1) is 5.44. The Balaban J connectivity index is 1.97. The van der Waals surface area contributed by atoms with Gasteiger partial charge in [0, 0.05) is 48.0 Å². The number of rotatable bonds is 0.